The summed E-state index contributed by atoms with van der Waals surface area (Å²) in [5.41, 5.74) is 3.74. The molecule has 2 rings (SSSR count). The number of carbonyl (C=O) groups is 1. The van der Waals surface area contributed by atoms with Crippen molar-refractivity contribution in [2.45, 2.75) is 12.8 Å². The molecule has 20 heavy (non-hydrogen) atoms. The van der Waals surface area contributed by atoms with Gasteiger partial charge in [0.05, 0.1) is 10.8 Å². The van der Waals surface area contributed by atoms with Crippen LogP contribution < -0.4 is 5.43 Å². The molecule has 104 valence electrons. The van der Waals surface area contributed by atoms with Crippen LogP contribution in [0.2, 0.25) is 0 Å². The van der Waals surface area contributed by atoms with Crippen molar-refractivity contribution in [1.82, 2.24) is 5.43 Å². The number of benzene rings is 1. The van der Waals surface area contributed by atoms with Crippen LogP contribution in [-0.4, -0.2) is 22.1 Å². The van der Waals surface area contributed by atoms with Gasteiger partial charge in [-0.05, 0) is 18.6 Å². The zero-order valence-electron chi connectivity index (χ0n) is 10.4. The number of nitro benzene ring substituents is 1. The second-order valence-electron chi connectivity index (χ2n) is 4.11. The molecule has 1 aliphatic rings. The summed E-state index contributed by atoms with van der Waals surface area (Å²) in [7, 11) is 0. The maximum Gasteiger partial charge on any atom is 0.512 e. The molecule has 0 fully saturated rings. The van der Waals surface area contributed by atoms with E-state index in [1.165, 1.54) is 18.2 Å². The summed E-state index contributed by atoms with van der Waals surface area (Å²) in [6, 6.07) is 5.89. The number of nitro groups is 1. The smallest absolute Gasteiger partial charge is 0.449 e. The lowest BCUT2D eigenvalue weighted by molar-refractivity contribution is -0.384. The number of hydrogen-bond donors (Lipinski definition) is 2. The zero-order chi connectivity index (χ0) is 14.7. The molecular weight excluding hydrogens is 266 g/mol. The van der Waals surface area contributed by atoms with Crippen LogP contribution in [-0.2, 0) is 4.74 Å². The summed E-state index contributed by atoms with van der Waals surface area (Å²) >= 11 is 0. The fraction of sp³-hybridized carbons (Fsp3) is 0.167. The minimum atomic E-state index is -1.49. The molecule has 0 saturated heterocycles. The summed E-state index contributed by atoms with van der Waals surface area (Å²) in [5, 5.41) is 23.3. The van der Waals surface area contributed by atoms with Crippen LogP contribution in [0.3, 0.4) is 0 Å². The van der Waals surface area contributed by atoms with E-state index in [9.17, 15) is 14.9 Å². The van der Waals surface area contributed by atoms with Gasteiger partial charge in [-0.3, -0.25) is 15.5 Å². The van der Waals surface area contributed by atoms with E-state index in [0.717, 1.165) is 0 Å². The standard InChI is InChI=1S/C12H11N3O5/c1-7-5-10(11(14-13-7)20-12(16)17)8-3-2-4-9(6-8)15(18)19/h2-6,10,13H,1H3,(H,16,17). The van der Waals surface area contributed by atoms with E-state index < -0.39 is 17.0 Å². The van der Waals surface area contributed by atoms with Gasteiger partial charge in [-0.1, -0.05) is 12.1 Å². The Morgan fingerprint density at radius 1 is 1.55 bits per heavy atom. The van der Waals surface area contributed by atoms with Crippen LogP contribution in [0.1, 0.15) is 18.4 Å². The number of nitrogens with zero attached hydrogens (tertiary/aromatic N) is 2. The van der Waals surface area contributed by atoms with E-state index in [2.05, 4.69) is 15.3 Å². The third-order valence-corrected chi connectivity index (χ3v) is 2.66. The van der Waals surface area contributed by atoms with E-state index in [1.807, 2.05) is 0 Å². The third-order valence-electron chi connectivity index (χ3n) is 2.66. The lowest BCUT2D eigenvalue weighted by atomic mass is 9.96. The van der Waals surface area contributed by atoms with Gasteiger partial charge in [-0.25, -0.2) is 4.79 Å². The Kier molecular flexibility index (Phi) is 3.65. The molecule has 1 aromatic rings. The minimum Gasteiger partial charge on any atom is -0.449 e. The van der Waals surface area contributed by atoms with Crippen molar-refractivity contribution in [2.24, 2.45) is 5.10 Å². The van der Waals surface area contributed by atoms with Gasteiger partial charge in [0.1, 0.15) is 0 Å². The Bertz CT molecular complexity index is 623. The average Bonchev–Trinajstić information content (AvgIpc) is 2.40. The SMILES string of the molecule is CC1=CC(c2cccc([N+](=O)[O-])c2)C(OC(=O)O)=NN1. The van der Waals surface area contributed by atoms with Crippen LogP contribution >= 0.6 is 0 Å². The number of allylic oxidation sites excluding steroid dienone is 1. The number of hydrazone groups is 1. The fourth-order valence-electron chi connectivity index (χ4n) is 1.82. The Hall–Kier alpha value is -2.90. The number of rotatable bonds is 2. The molecule has 1 aliphatic heterocycles. The maximum absolute atomic E-state index is 10.8. The number of hydrogen-bond acceptors (Lipinski definition) is 6. The first-order valence-corrected chi connectivity index (χ1v) is 5.64. The van der Waals surface area contributed by atoms with E-state index in [4.69, 9.17) is 5.11 Å². The molecule has 8 nitrogen and oxygen atoms in total. The highest BCUT2D eigenvalue weighted by atomic mass is 16.7. The van der Waals surface area contributed by atoms with Crippen molar-refractivity contribution in [1.29, 1.82) is 0 Å². The van der Waals surface area contributed by atoms with Gasteiger partial charge < -0.3 is 9.84 Å². The van der Waals surface area contributed by atoms with Gasteiger partial charge in [0.25, 0.3) is 5.69 Å². The normalized spacial score (nSPS) is 17.6. The molecule has 0 bridgehead atoms. The molecule has 0 radical (unpaired) electrons. The Morgan fingerprint density at radius 3 is 2.95 bits per heavy atom. The highest BCUT2D eigenvalue weighted by Gasteiger charge is 2.25. The minimum absolute atomic E-state index is 0.0800. The van der Waals surface area contributed by atoms with E-state index in [1.54, 1.807) is 19.1 Å². The highest BCUT2D eigenvalue weighted by molar-refractivity contribution is 5.92. The van der Waals surface area contributed by atoms with Crippen molar-refractivity contribution in [3.05, 3.63) is 51.7 Å². The van der Waals surface area contributed by atoms with Crippen LogP contribution in [0.25, 0.3) is 0 Å². The maximum atomic E-state index is 10.8. The van der Waals surface area contributed by atoms with E-state index in [0.29, 0.717) is 11.3 Å². The van der Waals surface area contributed by atoms with Crippen LogP contribution in [0, 0.1) is 10.1 Å². The van der Waals surface area contributed by atoms with Gasteiger partial charge >= 0.3 is 6.16 Å². The molecule has 0 spiro atoms. The first-order valence-electron chi connectivity index (χ1n) is 5.64. The molecule has 1 atom stereocenters. The van der Waals surface area contributed by atoms with Gasteiger partial charge in [-0.15, -0.1) is 5.10 Å². The van der Waals surface area contributed by atoms with Crippen molar-refractivity contribution >= 4 is 17.7 Å². The van der Waals surface area contributed by atoms with E-state index in [-0.39, 0.29) is 11.6 Å². The molecule has 1 unspecified atom stereocenters. The van der Waals surface area contributed by atoms with Crippen LogP contribution in [0.5, 0.6) is 0 Å². The third kappa shape index (κ3) is 2.91. The molecule has 0 saturated carbocycles. The summed E-state index contributed by atoms with van der Waals surface area (Å²) in [6.45, 7) is 1.74. The lowest BCUT2D eigenvalue weighted by Gasteiger charge is -2.19. The molecule has 8 heteroatoms. The van der Waals surface area contributed by atoms with Gasteiger partial charge in [-0.2, -0.15) is 0 Å². The van der Waals surface area contributed by atoms with Crippen molar-refractivity contribution in [2.75, 3.05) is 0 Å². The van der Waals surface area contributed by atoms with Gasteiger partial charge in [0, 0.05) is 17.8 Å². The van der Waals surface area contributed by atoms with Crippen molar-refractivity contribution in [3.8, 4) is 0 Å². The molecule has 0 aliphatic carbocycles. The molecule has 0 amide bonds. The molecule has 2 N–H and O–H groups in total. The summed E-state index contributed by atoms with van der Waals surface area (Å²) in [6.07, 6.45) is 0.193. The number of carboxylic acid groups (broad SMARTS) is 1. The predicted molar refractivity (Wildman–Crippen MR) is 69.3 cm³/mol. The van der Waals surface area contributed by atoms with Gasteiger partial charge in [0.2, 0.25) is 5.90 Å². The van der Waals surface area contributed by atoms with E-state index >= 15 is 0 Å². The quantitative estimate of drug-likeness (QED) is 0.486. The Balaban J connectivity index is 2.38. The summed E-state index contributed by atoms with van der Waals surface area (Å²) in [5.74, 6) is -0.671. The molecule has 1 heterocycles. The average molecular weight is 277 g/mol. The first-order chi connectivity index (χ1) is 9.47. The lowest BCUT2D eigenvalue weighted by Crippen LogP contribution is -2.25. The molecular formula is C12H11N3O5. The van der Waals surface area contributed by atoms with Crippen LogP contribution in [0.4, 0.5) is 10.5 Å². The van der Waals surface area contributed by atoms with Crippen molar-refractivity contribution in [3.63, 3.8) is 0 Å². The number of ether oxygens (including phenoxy) is 1. The second kappa shape index (κ2) is 5.39. The number of nitrogens with one attached hydrogen (secondary N) is 1. The Morgan fingerprint density at radius 2 is 2.30 bits per heavy atom. The fourth-order valence-corrected chi connectivity index (χ4v) is 1.82. The van der Waals surface area contributed by atoms with Crippen LogP contribution in [0.15, 0.2) is 41.1 Å². The van der Waals surface area contributed by atoms with Gasteiger partial charge in [0.15, 0.2) is 0 Å². The first kappa shape index (κ1) is 13.5. The predicted octanol–water partition coefficient (Wildman–Crippen LogP) is 2.19. The summed E-state index contributed by atoms with van der Waals surface area (Å²) in [4.78, 5) is 20.9. The number of non-ortho nitro benzene ring substituents is 1. The molecule has 1 aromatic carbocycles. The Labute approximate surface area is 113 Å². The largest absolute Gasteiger partial charge is 0.512 e. The monoisotopic (exact) mass is 277 g/mol. The molecule has 0 aromatic heterocycles. The van der Waals surface area contributed by atoms with Crippen molar-refractivity contribution < 1.29 is 19.6 Å². The highest BCUT2D eigenvalue weighted by Crippen LogP contribution is 2.26. The second-order valence-corrected chi connectivity index (χ2v) is 4.11. The zero-order valence-corrected chi connectivity index (χ0v) is 10.4. The summed E-state index contributed by atoms with van der Waals surface area (Å²) < 4.78 is 4.60. The topological polar surface area (TPSA) is 114 Å².